The fourth-order valence-electron chi connectivity index (χ4n) is 0.873. The number of hydrogen-bond donors (Lipinski definition) is 1. The molecule has 0 unspecified atom stereocenters. The van der Waals surface area contributed by atoms with Crippen LogP contribution in [0.1, 0.15) is 0 Å². The summed E-state index contributed by atoms with van der Waals surface area (Å²) in [6, 6.07) is 0. The van der Waals surface area contributed by atoms with Crippen LogP contribution in [0, 0.1) is 0 Å². The fourth-order valence-corrected chi connectivity index (χ4v) is 0.873. The lowest BCUT2D eigenvalue weighted by molar-refractivity contribution is 0.456. The van der Waals surface area contributed by atoms with E-state index in [0.717, 1.165) is 5.39 Å². The molecule has 0 radical (unpaired) electrons. The topological polar surface area (TPSA) is 54.2 Å². The van der Waals surface area contributed by atoms with Crippen LogP contribution in [0.2, 0.25) is 0 Å². The highest BCUT2D eigenvalue weighted by atomic mass is 16.5. The molecule has 0 aliphatic carbocycles. The van der Waals surface area contributed by atoms with Gasteiger partial charge in [0.25, 0.3) is 0 Å². The van der Waals surface area contributed by atoms with Gasteiger partial charge in [-0.15, -0.1) is 0 Å². The molecule has 0 amide bonds. The predicted octanol–water partition coefficient (Wildman–Crippen LogP) is 1.49. The van der Waals surface area contributed by atoms with Gasteiger partial charge < -0.3 is 9.51 Å². The molecule has 0 fully saturated rings. The number of aromatic nitrogens is 2. The van der Waals surface area contributed by atoms with Crippen LogP contribution in [0.3, 0.4) is 0 Å². The highest BCUT2D eigenvalue weighted by molar-refractivity contribution is 5.87. The molecule has 0 spiro atoms. The second-order valence-corrected chi connectivity index (χ2v) is 1.90. The molecule has 0 saturated heterocycles. The van der Waals surface area contributed by atoms with Crippen molar-refractivity contribution in [3.05, 3.63) is 12.4 Å². The Morgan fingerprint density at radius 3 is 3.40 bits per heavy atom. The number of aromatic amines is 1. The Morgan fingerprint density at radius 2 is 2.60 bits per heavy atom. The molecule has 4 heteroatoms. The third-order valence-corrected chi connectivity index (χ3v) is 1.35. The van der Waals surface area contributed by atoms with Gasteiger partial charge in [-0.3, -0.25) is 0 Å². The summed E-state index contributed by atoms with van der Waals surface area (Å²) in [5.41, 5.74) is 0.711. The Morgan fingerprint density at radius 1 is 1.70 bits per heavy atom. The zero-order valence-electron chi connectivity index (χ0n) is 5.16. The summed E-state index contributed by atoms with van der Waals surface area (Å²) in [7, 11) is 0. The van der Waals surface area contributed by atoms with Crippen LogP contribution in [0.4, 0.5) is 5.82 Å². The van der Waals surface area contributed by atoms with Crippen molar-refractivity contribution in [2.45, 2.75) is 0 Å². The fraction of sp³-hybridized carbons (Fsp3) is 0. The lowest BCUT2D eigenvalue weighted by atomic mass is 10.4. The van der Waals surface area contributed by atoms with Crippen LogP contribution in [0.25, 0.3) is 11.0 Å². The largest absolute Gasteiger partial charge is 0.355 e. The van der Waals surface area contributed by atoms with E-state index in [4.69, 9.17) is 4.52 Å². The van der Waals surface area contributed by atoms with Crippen molar-refractivity contribution >= 4 is 23.5 Å². The van der Waals surface area contributed by atoms with Gasteiger partial charge in [-0.05, 0) is 6.72 Å². The van der Waals surface area contributed by atoms with Gasteiger partial charge in [0.1, 0.15) is 5.82 Å². The van der Waals surface area contributed by atoms with Crippen LogP contribution in [0.5, 0.6) is 0 Å². The highest BCUT2D eigenvalue weighted by Crippen LogP contribution is 2.23. The molecular formula is C6H5N3O. The smallest absolute Gasteiger partial charge is 0.186 e. The van der Waals surface area contributed by atoms with E-state index in [1.165, 1.54) is 0 Å². The lowest BCUT2D eigenvalue weighted by Crippen LogP contribution is -1.58. The summed E-state index contributed by atoms with van der Waals surface area (Å²) in [6.07, 6.45) is 3.31. The first-order chi connectivity index (χ1) is 4.92. The summed E-state index contributed by atoms with van der Waals surface area (Å²) >= 11 is 0. The third-order valence-electron chi connectivity index (χ3n) is 1.35. The van der Waals surface area contributed by atoms with Gasteiger partial charge in [0.15, 0.2) is 5.58 Å². The minimum atomic E-state index is 0.705. The van der Waals surface area contributed by atoms with Crippen LogP contribution < -0.4 is 0 Å². The summed E-state index contributed by atoms with van der Waals surface area (Å²) < 4.78 is 4.83. The summed E-state index contributed by atoms with van der Waals surface area (Å²) in [6.45, 7) is 3.38. The van der Waals surface area contributed by atoms with E-state index >= 15 is 0 Å². The highest BCUT2D eigenvalue weighted by Gasteiger charge is 2.03. The molecule has 10 heavy (non-hydrogen) atoms. The van der Waals surface area contributed by atoms with Crippen LogP contribution >= 0.6 is 0 Å². The Kier molecular flexibility index (Phi) is 0.887. The number of nitrogens with zero attached hydrogens (tertiary/aromatic N) is 2. The molecule has 0 saturated carbocycles. The molecule has 2 heterocycles. The average Bonchev–Trinajstić information content (AvgIpc) is 2.44. The normalized spacial score (nSPS) is 10.4. The van der Waals surface area contributed by atoms with E-state index in [-0.39, 0.29) is 0 Å². The molecule has 0 aliphatic rings. The summed E-state index contributed by atoms with van der Waals surface area (Å²) in [5, 5.41) is 4.46. The molecule has 2 rings (SSSR count). The SMILES string of the molecule is C=Nc1[nH]cc2oncc12. The Balaban J connectivity index is 2.88. The Labute approximate surface area is 56.5 Å². The van der Waals surface area contributed by atoms with Gasteiger partial charge in [-0.2, -0.15) is 0 Å². The number of nitrogens with one attached hydrogen (secondary N) is 1. The molecule has 0 atom stereocenters. The van der Waals surface area contributed by atoms with Crippen LogP contribution in [-0.4, -0.2) is 16.9 Å². The van der Waals surface area contributed by atoms with Crippen molar-refractivity contribution in [2.24, 2.45) is 4.99 Å². The maximum absolute atomic E-state index is 4.83. The maximum Gasteiger partial charge on any atom is 0.186 e. The monoisotopic (exact) mass is 135 g/mol. The van der Waals surface area contributed by atoms with Crippen LogP contribution in [-0.2, 0) is 0 Å². The zero-order valence-corrected chi connectivity index (χ0v) is 5.16. The van der Waals surface area contributed by atoms with Crippen molar-refractivity contribution in [1.29, 1.82) is 0 Å². The second-order valence-electron chi connectivity index (χ2n) is 1.90. The first-order valence-corrected chi connectivity index (χ1v) is 2.80. The summed E-state index contributed by atoms with van der Waals surface area (Å²) in [5.74, 6) is 0.705. The van der Waals surface area contributed by atoms with Crippen molar-refractivity contribution in [3.8, 4) is 0 Å². The standard InChI is InChI=1S/C6H5N3O/c1-7-6-4-2-9-10-5(4)3-8-6/h2-3,8H,1H2. The minimum Gasteiger partial charge on any atom is -0.355 e. The van der Waals surface area contributed by atoms with Gasteiger partial charge in [0, 0.05) is 6.20 Å². The number of rotatable bonds is 1. The van der Waals surface area contributed by atoms with Gasteiger partial charge >= 0.3 is 0 Å². The molecular weight excluding hydrogens is 130 g/mol. The number of hydrogen-bond acceptors (Lipinski definition) is 3. The summed E-state index contributed by atoms with van der Waals surface area (Å²) in [4.78, 5) is 6.61. The van der Waals surface area contributed by atoms with Gasteiger partial charge in [0.05, 0.1) is 11.6 Å². The first kappa shape index (κ1) is 5.22. The molecule has 2 aromatic heterocycles. The van der Waals surface area contributed by atoms with Crippen molar-refractivity contribution in [3.63, 3.8) is 0 Å². The predicted molar refractivity (Wildman–Crippen MR) is 37.6 cm³/mol. The van der Waals surface area contributed by atoms with Crippen molar-refractivity contribution in [2.75, 3.05) is 0 Å². The maximum atomic E-state index is 4.83. The lowest BCUT2D eigenvalue weighted by Gasteiger charge is -1.78. The third kappa shape index (κ3) is 0.500. The number of H-pyrrole nitrogens is 1. The zero-order chi connectivity index (χ0) is 6.97. The molecule has 0 aliphatic heterocycles. The molecule has 0 aromatic carbocycles. The van der Waals surface area contributed by atoms with Gasteiger partial charge in [0.2, 0.25) is 0 Å². The Bertz CT molecular complexity index is 360. The molecule has 50 valence electrons. The molecule has 2 aromatic rings. The molecule has 4 nitrogen and oxygen atoms in total. The minimum absolute atomic E-state index is 0.705. The average molecular weight is 135 g/mol. The van der Waals surface area contributed by atoms with Gasteiger partial charge in [-0.25, -0.2) is 4.99 Å². The Hall–Kier alpha value is -1.58. The van der Waals surface area contributed by atoms with E-state index in [1.54, 1.807) is 12.4 Å². The van der Waals surface area contributed by atoms with E-state index in [1.807, 2.05) is 0 Å². The van der Waals surface area contributed by atoms with Crippen molar-refractivity contribution < 1.29 is 4.52 Å². The molecule has 0 bridgehead atoms. The van der Waals surface area contributed by atoms with Crippen LogP contribution in [0.15, 0.2) is 21.9 Å². The second kappa shape index (κ2) is 1.70. The van der Waals surface area contributed by atoms with E-state index in [9.17, 15) is 0 Å². The van der Waals surface area contributed by atoms with E-state index in [2.05, 4.69) is 21.9 Å². The van der Waals surface area contributed by atoms with E-state index in [0.29, 0.717) is 11.4 Å². The van der Waals surface area contributed by atoms with Gasteiger partial charge in [-0.1, -0.05) is 5.16 Å². The number of fused-ring (bicyclic) bond motifs is 1. The van der Waals surface area contributed by atoms with E-state index < -0.39 is 0 Å². The quantitative estimate of drug-likeness (QED) is 0.602. The number of aliphatic imine (C=N–C) groups is 1. The molecule has 1 N–H and O–H groups in total. The van der Waals surface area contributed by atoms with Crippen molar-refractivity contribution in [1.82, 2.24) is 10.1 Å². The first-order valence-electron chi connectivity index (χ1n) is 2.80.